The molecule has 0 amide bonds. The Labute approximate surface area is 500 Å². The minimum absolute atomic E-state index is 0. The van der Waals surface area contributed by atoms with Crippen LogP contribution in [0.2, 0.25) is 0 Å². The Morgan fingerprint density at radius 2 is 0.765 bits per heavy atom. The topological polar surface area (TPSA) is 181 Å². The van der Waals surface area contributed by atoms with Crippen molar-refractivity contribution < 1.29 is 15.3 Å². The summed E-state index contributed by atoms with van der Waals surface area (Å²) in [5, 5.41) is 44.8. The van der Waals surface area contributed by atoms with Gasteiger partial charge in [0, 0.05) is 111 Å². The Morgan fingerprint density at radius 3 is 1.18 bits per heavy atom. The molecule has 3 aliphatic heterocycles. The third kappa shape index (κ3) is 18.6. The van der Waals surface area contributed by atoms with E-state index in [-0.39, 0.29) is 47.4 Å². The van der Waals surface area contributed by atoms with Crippen molar-refractivity contribution in [3.63, 3.8) is 0 Å². The smallest absolute Gasteiger partial charge is 0.293 e. The van der Waals surface area contributed by atoms with E-state index in [1.54, 1.807) is 33.8 Å². The fraction of sp³-hybridized carbons (Fsp3) is 0.329. The molecule has 5 aromatic carbocycles. The van der Waals surface area contributed by atoms with Crippen LogP contribution in [0, 0.1) is 0 Å². The average molecular weight is 1150 g/mol. The van der Waals surface area contributed by atoms with Gasteiger partial charge in [-0.1, -0.05) is 166 Å². The van der Waals surface area contributed by atoms with Crippen LogP contribution >= 0.6 is 0 Å². The van der Waals surface area contributed by atoms with Crippen LogP contribution in [0.4, 0.5) is 0 Å². The number of hydrogen-bond donors (Lipinski definition) is 7. The Balaban J connectivity index is 0.000000166. The monoisotopic (exact) mass is 1150 g/mol. The molecule has 0 aliphatic carbocycles. The van der Waals surface area contributed by atoms with Gasteiger partial charge in [-0.15, -0.1) is 0 Å². The molecule has 3 saturated heterocycles. The minimum Gasteiger partial charge on any atom is -0.503 e. The van der Waals surface area contributed by atoms with E-state index in [1.807, 2.05) is 109 Å². The predicted molar refractivity (Wildman–Crippen MR) is 341 cm³/mol. The largest absolute Gasteiger partial charge is 0.503 e. The summed E-state index contributed by atoms with van der Waals surface area (Å²) in [5.74, 6) is -0.490. The van der Waals surface area contributed by atoms with Gasteiger partial charge in [-0.25, -0.2) is 0 Å². The lowest BCUT2D eigenvalue weighted by molar-refractivity contribution is 0.190. The summed E-state index contributed by atoms with van der Waals surface area (Å²) in [7, 11) is 0. The number of aromatic nitrogens is 3. The van der Waals surface area contributed by atoms with Gasteiger partial charge in [0.15, 0.2) is 17.2 Å². The van der Waals surface area contributed by atoms with Crippen molar-refractivity contribution in [3.8, 4) is 17.2 Å². The number of rotatable bonds is 19. The summed E-state index contributed by atoms with van der Waals surface area (Å²) in [6.07, 6.45) is 11.8. The normalized spacial score (nSPS) is 16.4. The number of aromatic hydroxyl groups is 3. The zero-order valence-corrected chi connectivity index (χ0v) is 48.1. The maximum atomic E-state index is 12.5. The highest BCUT2D eigenvalue weighted by Gasteiger charge is 2.24. The predicted octanol–water partition coefficient (Wildman–Crippen LogP) is 9.31. The van der Waals surface area contributed by atoms with E-state index in [2.05, 4.69) is 92.2 Å². The van der Waals surface area contributed by atoms with Gasteiger partial charge in [0.1, 0.15) is 0 Å². The quantitative estimate of drug-likeness (QED) is 0.0409. The van der Waals surface area contributed by atoms with Crippen LogP contribution in [0.25, 0.3) is 0 Å². The van der Waals surface area contributed by atoms with E-state index >= 15 is 0 Å². The highest BCUT2D eigenvalue weighted by Crippen LogP contribution is 2.20. The molecule has 6 heterocycles. The molecule has 0 saturated carbocycles. The molecule has 0 bridgehead atoms. The van der Waals surface area contributed by atoms with Crippen LogP contribution in [0.5, 0.6) is 17.2 Å². The SMILES string of the molecule is C.C=C1NCCCCC1NCc1ccn(Cc2ccccc2)c(=O)c1O.O=c1c(O)c(CNC2CCN(Cc3ccccc3)C2)ccn1Cc1ccccc1.O=c1c(O)c(CNC2CCN(Cc3ccccc3)CC2)ccn1Cc1ccccc1. The first-order chi connectivity index (χ1) is 41.0. The maximum absolute atomic E-state index is 12.5. The summed E-state index contributed by atoms with van der Waals surface area (Å²) in [6.45, 7) is 13.9. The van der Waals surface area contributed by atoms with E-state index < -0.39 is 0 Å². The summed E-state index contributed by atoms with van der Waals surface area (Å²) < 4.78 is 4.63. The molecule has 3 aromatic heterocycles. The number of hydrogen-bond acceptors (Lipinski definition) is 12. The molecule has 2 unspecified atom stereocenters. The fourth-order valence-corrected chi connectivity index (χ4v) is 11.0. The molecule has 8 aromatic rings. The second-order valence-corrected chi connectivity index (χ2v) is 22.2. The van der Waals surface area contributed by atoms with Crippen molar-refractivity contribution in [1.29, 1.82) is 0 Å². The van der Waals surface area contributed by atoms with E-state index in [4.69, 9.17) is 0 Å². The number of pyridine rings is 3. The zero-order chi connectivity index (χ0) is 58.5. The Hall–Kier alpha value is -8.31. The number of benzene rings is 5. The van der Waals surface area contributed by atoms with E-state index in [0.717, 1.165) is 107 Å². The van der Waals surface area contributed by atoms with Gasteiger partial charge in [0.25, 0.3) is 16.7 Å². The fourth-order valence-electron chi connectivity index (χ4n) is 11.0. The molecule has 15 nitrogen and oxygen atoms in total. The van der Waals surface area contributed by atoms with Crippen molar-refractivity contribution in [2.45, 2.75) is 116 Å². The van der Waals surface area contributed by atoms with Crippen molar-refractivity contribution in [1.82, 2.24) is 44.8 Å². The van der Waals surface area contributed by atoms with Gasteiger partial charge in [0.2, 0.25) is 0 Å². The van der Waals surface area contributed by atoms with Crippen LogP contribution in [0.1, 0.15) is 90.5 Å². The second-order valence-electron chi connectivity index (χ2n) is 22.2. The third-order valence-electron chi connectivity index (χ3n) is 16.0. The first-order valence-electron chi connectivity index (χ1n) is 29.5. The number of nitrogens with zero attached hydrogens (tertiary/aromatic N) is 5. The molecule has 3 fully saturated rings. The molecular weight excluding hydrogens is 1060 g/mol. The van der Waals surface area contributed by atoms with Gasteiger partial charge in [0.05, 0.1) is 19.6 Å². The first-order valence-corrected chi connectivity index (χ1v) is 29.5. The summed E-state index contributed by atoms with van der Waals surface area (Å²) in [4.78, 5) is 42.4. The van der Waals surface area contributed by atoms with E-state index in [9.17, 15) is 29.7 Å². The Morgan fingerprint density at radius 1 is 0.424 bits per heavy atom. The van der Waals surface area contributed by atoms with E-state index in [0.29, 0.717) is 68.0 Å². The molecule has 7 N–H and O–H groups in total. The van der Waals surface area contributed by atoms with Gasteiger partial charge >= 0.3 is 0 Å². The molecule has 15 heteroatoms. The van der Waals surface area contributed by atoms with E-state index in [1.165, 1.54) is 15.7 Å². The number of likely N-dealkylation sites (tertiary alicyclic amines) is 2. The second kappa shape index (κ2) is 32.1. The minimum atomic E-state index is -0.360. The van der Waals surface area contributed by atoms with Gasteiger partial charge in [-0.05, 0) is 97.6 Å². The summed E-state index contributed by atoms with van der Waals surface area (Å²) in [5.41, 5.74) is 7.64. The molecule has 11 rings (SSSR count). The van der Waals surface area contributed by atoms with Crippen LogP contribution in [0.15, 0.2) is 215 Å². The lowest BCUT2D eigenvalue weighted by Gasteiger charge is -2.32. The molecule has 0 radical (unpaired) electrons. The lowest BCUT2D eigenvalue weighted by atomic mass is 10.0. The summed E-state index contributed by atoms with van der Waals surface area (Å²) in [6, 6.07) is 56.8. The average Bonchev–Trinajstić information content (AvgIpc) is 4.04. The van der Waals surface area contributed by atoms with Crippen molar-refractivity contribution in [3.05, 3.63) is 276 Å². The van der Waals surface area contributed by atoms with Gasteiger partial charge in [-0.3, -0.25) is 24.2 Å². The van der Waals surface area contributed by atoms with Crippen molar-refractivity contribution >= 4 is 0 Å². The third-order valence-corrected chi connectivity index (χ3v) is 16.0. The van der Waals surface area contributed by atoms with Crippen LogP contribution in [-0.4, -0.2) is 89.7 Å². The van der Waals surface area contributed by atoms with Crippen molar-refractivity contribution in [2.24, 2.45) is 0 Å². The summed E-state index contributed by atoms with van der Waals surface area (Å²) >= 11 is 0. The Kier molecular flexibility index (Phi) is 23.7. The molecule has 3 aliphatic rings. The molecule has 2 atom stereocenters. The standard InChI is InChI=1S/C25H29N3O2.C24H27N3O2.C20H25N3O2.CH4/c29-24-22(11-16-28(25(24)30)19-21-9-5-2-6-10-21)17-26-23-12-14-27(15-13-23)18-20-7-3-1-4-8-20;28-23-21(11-14-27(24(23)29)17-20-9-5-2-6-10-20)15-25-22-12-13-26(18-22)16-19-7-3-1-4-8-19;1-15-18(9-5-6-11-21-15)22-13-17-10-12-23(20(25)19(17)24)14-16-7-3-2-4-8-16;/h1-11,16,23,26,29H,12-15,17-19H2;1-11,14,22,25,28H,12-13,15-18H2;2-4,7-8,10,12,18,21-22,24H,1,5-6,9,11,13-14H2;1H4. The molecule has 85 heavy (non-hydrogen) atoms. The number of nitrogens with one attached hydrogen (secondary N) is 4. The zero-order valence-electron chi connectivity index (χ0n) is 48.1. The van der Waals surface area contributed by atoms with Crippen LogP contribution < -0.4 is 37.9 Å². The highest BCUT2D eigenvalue weighted by atomic mass is 16.3. The van der Waals surface area contributed by atoms with Crippen LogP contribution in [-0.2, 0) is 52.4 Å². The molecular formula is C70H85N9O6. The van der Waals surface area contributed by atoms with Gasteiger partial charge < -0.3 is 50.3 Å². The van der Waals surface area contributed by atoms with Gasteiger partial charge in [-0.2, -0.15) is 0 Å². The molecule has 446 valence electrons. The lowest BCUT2D eigenvalue weighted by Crippen LogP contribution is -2.42. The van der Waals surface area contributed by atoms with Crippen molar-refractivity contribution in [2.75, 3.05) is 32.7 Å². The maximum Gasteiger partial charge on any atom is 0.293 e. The number of piperidine rings is 1. The first kappa shape index (κ1) is 62.7. The highest BCUT2D eigenvalue weighted by molar-refractivity contribution is 5.32. The Bertz CT molecular complexity index is 3500. The molecule has 0 spiro atoms. The van der Waals surface area contributed by atoms with Crippen LogP contribution in [0.3, 0.4) is 0 Å².